The van der Waals surface area contributed by atoms with E-state index >= 15 is 0 Å². The molecule has 0 aliphatic heterocycles. The summed E-state index contributed by atoms with van der Waals surface area (Å²) in [6.07, 6.45) is -0.414. The Morgan fingerprint density at radius 2 is 1.84 bits per heavy atom. The number of nitrogens with one attached hydrogen (secondary N) is 1. The number of aliphatic hydroxyl groups is 1. The summed E-state index contributed by atoms with van der Waals surface area (Å²) in [5.74, 6) is 0.822. The Labute approximate surface area is 154 Å². The third-order valence-corrected chi connectivity index (χ3v) is 3.94. The quantitative estimate of drug-likeness (QED) is 0.708. The molecule has 5 heteroatoms. The van der Waals surface area contributed by atoms with E-state index in [-0.39, 0.29) is 12.4 Å². The van der Waals surface area contributed by atoms with E-state index in [1.54, 1.807) is 14.0 Å². The molecule has 4 nitrogen and oxygen atoms in total. The van der Waals surface area contributed by atoms with Crippen molar-refractivity contribution in [1.29, 1.82) is 0 Å². The molecule has 3 rings (SSSR count). The zero-order valence-electron chi connectivity index (χ0n) is 14.6. The first-order chi connectivity index (χ1) is 11.6. The molecule has 0 radical (unpaired) electrons. The first-order valence-corrected chi connectivity index (χ1v) is 8.04. The number of aromatic nitrogens is 1. The Morgan fingerprint density at radius 3 is 2.48 bits per heavy atom. The van der Waals surface area contributed by atoms with Gasteiger partial charge in [-0.15, -0.1) is 12.4 Å². The smallest absolute Gasteiger partial charge is 0.118 e. The van der Waals surface area contributed by atoms with Crippen molar-refractivity contribution in [1.82, 2.24) is 4.98 Å². The summed E-state index contributed by atoms with van der Waals surface area (Å²) in [6.45, 7) is 4.32. The zero-order chi connectivity index (χ0) is 17.1. The number of rotatable bonds is 5. The van der Waals surface area contributed by atoms with Crippen molar-refractivity contribution in [3.8, 4) is 17.0 Å². The van der Waals surface area contributed by atoms with Gasteiger partial charge in [-0.1, -0.05) is 12.1 Å². The molecule has 3 aromatic rings. The summed E-state index contributed by atoms with van der Waals surface area (Å²) >= 11 is 0. The molecule has 1 atom stereocenters. The second-order valence-electron chi connectivity index (χ2n) is 6.03. The summed E-state index contributed by atoms with van der Waals surface area (Å²) in [4.78, 5) is 4.81. The maximum Gasteiger partial charge on any atom is 0.118 e. The number of halogens is 1. The Kier molecular flexibility index (Phi) is 6.23. The van der Waals surface area contributed by atoms with Gasteiger partial charge >= 0.3 is 0 Å². The molecule has 0 spiro atoms. The highest BCUT2D eigenvalue weighted by Gasteiger charge is 2.09. The molecule has 132 valence electrons. The Hall–Kier alpha value is -2.30. The van der Waals surface area contributed by atoms with E-state index in [0.29, 0.717) is 6.54 Å². The Balaban J connectivity index is 0.00000225. The van der Waals surface area contributed by atoms with Crippen molar-refractivity contribution in [3.63, 3.8) is 0 Å². The van der Waals surface area contributed by atoms with Crippen LogP contribution in [0.25, 0.3) is 22.2 Å². The van der Waals surface area contributed by atoms with E-state index in [4.69, 9.17) is 9.72 Å². The highest BCUT2D eigenvalue weighted by atomic mass is 35.5. The predicted molar refractivity (Wildman–Crippen MR) is 106 cm³/mol. The van der Waals surface area contributed by atoms with Crippen molar-refractivity contribution in [3.05, 3.63) is 54.1 Å². The molecule has 0 saturated heterocycles. The second-order valence-corrected chi connectivity index (χ2v) is 6.03. The fourth-order valence-corrected chi connectivity index (χ4v) is 2.65. The van der Waals surface area contributed by atoms with E-state index in [0.717, 1.165) is 33.6 Å². The standard InChI is InChI=1S/C20H22N2O2.ClH/c1-13-4-9-17-19(21-12-14(2)23)11-18(22-20(17)10-13)15-5-7-16(24-3)8-6-15;/h4-11,14,23H,12H2,1-3H3,(H,21,22);1H/t14-;/m0./s1. The predicted octanol–water partition coefficient (Wildman–Crippen LogP) is 4.43. The van der Waals surface area contributed by atoms with E-state index in [2.05, 4.69) is 30.4 Å². The van der Waals surface area contributed by atoms with Gasteiger partial charge in [0.1, 0.15) is 5.75 Å². The molecule has 0 aliphatic carbocycles. The minimum atomic E-state index is -0.414. The molecule has 0 amide bonds. The molecular weight excluding hydrogens is 336 g/mol. The van der Waals surface area contributed by atoms with E-state index in [9.17, 15) is 5.11 Å². The van der Waals surface area contributed by atoms with Crippen LogP contribution in [-0.4, -0.2) is 29.8 Å². The van der Waals surface area contributed by atoms with E-state index < -0.39 is 6.10 Å². The normalized spacial score (nSPS) is 11.7. The summed E-state index contributed by atoms with van der Waals surface area (Å²) in [7, 11) is 1.66. The summed E-state index contributed by atoms with van der Waals surface area (Å²) < 4.78 is 5.22. The van der Waals surface area contributed by atoms with Crippen LogP contribution in [0.3, 0.4) is 0 Å². The van der Waals surface area contributed by atoms with Crippen LogP contribution in [0.1, 0.15) is 12.5 Å². The first-order valence-electron chi connectivity index (χ1n) is 8.04. The first kappa shape index (κ1) is 19.0. The third-order valence-electron chi connectivity index (χ3n) is 3.94. The van der Waals surface area contributed by atoms with Crippen LogP contribution >= 0.6 is 12.4 Å². The average Bonchev–Trinajstić information content (AvgIpc) is 2.59. The maximum absolute atomic E-state index is 9.58. The molecule has 0 saturated carbocycles. The largest absolute Gasteiger partial charge is 0.497 e. The molecule has 0 bridgehead atoms. The van der Waals surface area contributed by atoms with Crippen molar-refractivity contribution in [2.75, 3.05) is 19.0 Å². The SMILES string of the molecule is COc1ccc(-c2cc(NC[C@H](C)O)c3ccc(C)cc3n2)cc1.Cl. The molecule has 1 aromatic heterocycles. The number of pyridine rings is 1. The maximum atomic E-state index is 9.58. The van der Waals surface area contributed by atoms with Crippen LogP contribution in [0, 0.1) is 6.92 Å². The molecule has 25 heavy (non-hydrogen) atoms. The van der Waals surface area contributed by atoms with Crippen LogP contribution in [0.4, 0.5) is 5.69 Å². The van der Waals surface area contributed by atoms with Gasteiger partial charge in [0.05, 0.1) is 24.4 Å². The molecule has 2 aromatic carbocycles. The lowest BCUT2D eigenvalue weighted by Gasteiger charge is -2.14. The fraction of sp³-hybridized carbons (Fsp3) is 0.250. The van der Waals surface area contributed by atoms with Gasteiger partial charge in [-0.2, -0.15) is 0 Å². The molecule has 0 unspecified atom stereocenters. The summed E-state index contributed by atoms with van der Waals surface area (Å²) in [6, 6.07) is 16.1. The van der Waals surface area contributed by atoms with Crippen molar-refractivity contribution >= 4 is 29.0 Å². The Bertz CT molecular complexity index is 848. The van der Waals surface area contributed by atoms with Crippen LogP contribution in [0.15, 0.2) is 48.5 Å². The van der Waals surface area contributed by atoms with Crippen LogP contribution < -0.4 is 10.1 Å². The molecule has 0 aliphatic rings. The number of anilines is 1. The lowest BCUT2D eigenvalue weighted by Crippen LogP contribution is -2.15. The van der Waals surface area contributed by atoms with Gasteiger partial charge in [0.15, 0.2) is 0 Å². The van der Waals surface area contributed by atoms with Gasteiger partial charge in [0.25, 0.3) is 0 Å². The zero-order valence-corrected chi connectivity index (χ0v) is 15.4. The minimum absolute atomic E-state index is 0. The fourth-order valence-electron chi connectivity index (χ4n) is 2.65. The molecular formula is C20H23ClN2O2. The lowest BCUT2D eigenvalue weighted by molar-refractivity contribution is 0.208. The number of nitrogens with zero attached hydrogens (tertiary/aromatic N) is 1. The number of aryl methyl sites for hydroxylation is 1. The van der Waals surface area contributed by atoms with Crippen molar-refractivity contribution < 1.29 is 9.84 Å². The second kappa shape index (κ2) is 8.19. The molecule has 1 heterocycles. The molecule has 0 fully saturated rings. The van der Waals surface area contributed by atoms with Gasteiger partial charge in [0, 0.05) is 23.2 Å². The Morgan fingerprint density at radius 1 is 1.12 bits per heavy atom. The average molecular weight is 359 g/mol. The number of benzene rings is 2. The topological polar surface area (TPSA) is 54.4 Å². The van der Waals surface area contributed by atoms with Gasteiger partial charge < -0.3 is 15.2 Å². The molecule has 2 N–H and O–H groups in total. The van der Waals surface area contributed by atoms with Gasteiger partial charge in [-0.05, 0) is 55.8 Å². The summed E-state index contributed by atoms with van der Waals surface area (Å²) in [5, 5.41) is 14.0. The van der Waals surface area contributed by atoms with Gasteiger partial charge in [-0.25, -0.2) is 4.98 Å². The number of ether oxygens (including phenoxy) is 1. The van der Waals surface area contributed by atoms with Crippen LogP contribution in [0.2, 0.25) is 0 Å². The van der Waals surface area contributed by atoms with E-state index in [1.165, 1.54) is 5.56 Å². The monoisotopic (exact) mass is 358 g/mol. The van der Waals surface area contributed by atoms with Crippen LogP contribution in [0.5, 0.6) is 5.75 Å². The number of hydrogen-bond acceptors (Lipinski definition) is 4. The minimum Gasteiger partial charge on any atom is -0.497 e. The number of methoxy groups -OCH3 is 1. The lowest BCUT2D eigenvalue weighted by atomic mass is 10.1. The highest BCUT2D eigenvalue weighted by Crippen LogP contribution is 2.29. The van der Waals surface area contributed by atoms with Gasteiger partial charge in [0.2, 0.25) is 0 Å². The van der Waals surface area contributed by atoms with Crippen molar-refractivity contribution in [2.24, 2.45) is 0 Å². The highest BCUT2D eigenvalue weighted by molar-refractivity contribution is 5.94. The van der Waals surface area contributed by atoms with Crippen LogP contribution in [-0.2, 0) is 0 Å². The van der Waals surface area contributed by atoms with Gasteiger partial charge in [-0.3, -0.25) is 0 Å². The van der Waals surface area contributed by atoms with Crippen molar-refractivity contribution in [2.45, 2.75) is 20.0 Å². The number of aliphatic hydroxyl groups excluding tert-OH is 1. The number of fused-ring (bicyclic) bond motifs is 1. The van der Waals surface area contributed by atoms with E-state index in [1.807, 2.05) is 30.3 Å². The number of hydrogen-bond donors (Lipinski definition) is 2. The summed E-state index contributed by atoms with van der Waals surface area (Å²) in [5.41, 5.74) is 5.01. The third kappa shape index (κ3) is 4.41.